The number of rotatable bonds is 3. The van der Waals surface area contributed by atoms with Crippen molar-refractivity contribution >= 4 is 43.1 Å². The Bertz CT molecular complexity index is 979. The van der Waals surface area contributed by atoms with Gasteiger partial charge in [-0.2, -0.15) is 0 Å². The van der Waals surface area contributed by atoms with Crippen molar-refractivity contribution in [2.24, 2.45) is 5.16 Å². The van der Waals surface area contributed by atoms with Crippen LogP contribution >= 0.6 is 11.6 Å². The van der Waals surface area contributed by atoms with Gasteiger partial charge in [0.25, 0.3) is 5.69 Å². The number of nitro groups is 1. The molecule has 0 radical (unpaired) electrons. The smallest absolute Gasteiger partial charge is 0.291 e. The zero-order chi connectivity index (χ0) is 17.7. The van der Waals surface area contributed by atoms with Crippen LogP contribution in [0.3, 0.4) is 0 Å². The summed E-state index contributed by atoms with van der Waals surface area (Å²) in [4.78, 5) is 15.3. The van der Waals surface area contributed by atoms with Crippen LogP contribution in [0.2, 0.25) is 5.02 Å². The number of nitrogens with zero attached hydrogens (tertiary/aromatic N) is 3. The number of halogens is 1. The Kier molecular flexibility index (Phi) is 3.76. The molecule has 0 bridgehead atoms. The topological polar surface area (TPSA) is 125 Å². The number of benzene rings is 1. The first kappa shape index (κ1) is 16.7. The highest BCUT2D eigenvalue weighted by Crippen LogP contribution is 2.35. The van der Waals surface area contributed by atoms with Crippen LogP contribution < -0.4 is 0 Å². The summed E-state index contributed by atoms with van der Waals surface area (Å²) in [6.45, 7) is 3.45. The predicted molar refractivity (Wildman–Crippen MR) is 85.5 cm³/mol. The van der Waals surface area contributed by atoms with Gasteiger partial charge >= 0.3 is 0 Å². The second-order valence-corrected chi connectivity index (χ2v) is 8.30. The van der Waals surface area contributed by atoms with Crippen LogP contribution in [0.1, 0.15) is 26.0 Å². The summed E-state index contributed by atoms with van der Waals surface area (Å²) in [5.41, 5.74) is -0.946. The number of sulfone groups is 1. The third-order valence-corrected chi connectivity index (χ3v) is 5.44. The molecule has 0 fully saturated rings. The first-order chi connectivity index (χ1) is 11.1. The number of hydrogen-bond acceptors (Lipinski definition) is 8. The minimum absolute atomic E-state index is 0.0268. The summed E-state index contributed by atoms with van der Waals surface area (Å²) in [7, 11) is -3.76. The summed E-state index contributed by atoms with van der Waals surface area (Å²) in [6.07, 6.45) is 0.150. The van der Waals surface area contributed by atoms with Gasteiger partial charge in [-0.05, 0) is 19.9 Å². The second-order valence-electron chi connectivity index (χ2n) is 5.93. The lowest BCUT2D eigenvalue weighted by atomic mass is 10.1. The molecule has 0 spiro atoms. The Balaban J connectivity index is 1.97. The maximum Gasteiger partial charge on any atom is 0.291 e. The number of nitro benzene ring substituents is 1. The normalized spacial score (nSPS) is 16.9. The maximum absolute atomic E-state index is 12.5. The van der Waals surface area contributed by atoms with Gasteiger partial charge in [0, 0.05) is 17.9 Å². The minimum atomic E-state index is -3.76. The molecular formula is C13H12ClN3O6S. The highest BCUT2D eigenvalue weighted by atomic mass is 35.5. The fourth-order valence-electron chi connectivity index (χ4n) is 2.29. The Labute approximate surface area is 141 Å². The molecule has 0 atom stereocenters. The van der Waals surface area contributed by atoms with Gasteiger partial charge in [0.15, 0.2) is 15.6 Å². The molecule has 0 N–H and O–H groups in total. The second kappa shape index (κ2) is 5.42. The third kappa shape index (κ3) is 2.82. The van der Waals surface area contributed by atoms with Gasteiger partial charge in [-0.1, -0.05) is 21.9 Å². The summed E-state index contributed by atoms with van der Waals surface area (Å²) in [5, 5.41) is 18.2. The summed E-state index contributed by atoms with van der Waals surface area (Å²) in [5.74, 6) is -0.466. The van der Waals surface area contributed by atoms with Crippen LogP contribution in [-0.4, -0.2) is 29.1 Å². The Hall–Kier alpha value is -2.20. The van der Waals surface area contributed by atoms with Crippen LogP contribution in [0.5, 0.6) is 0 Å². The zero-order valence-corrected chi connectivity index (χ0v) is 14.2. The van der Waals surface area contributed by atoms with Crippen LogP contribution in [0.15, 0.2) is 21.8 Å². The van der Waals surface area contributed by atoms with E-state index in [0.717, 1.165) is 0 Å². The van der Waals surface area contributed by atoms with Crippen molar-refractivity contribution in [2.75, 3.05) is 0 Å². The SMILES string of the molecule is CC1(C)CC(S(=O)(=O)Cc2noc3c(Cl)c([N+](=O)[O-])ccc23)=NO1. The van der Waals surface area contributed by atoms with Crippen molar-refractivity contribution in [1.29, 1.82) is 0 Å². The Morgan fingerprint density at radius 3 is 2.71 bits per heavy atom. The van der Waals surface area contributed by atoms with Crippen molar-refractivity contribution in [3.05, 3.63) is 33.0 Å². The van der Waals surface area contributed by atoms with Crippen LogP contribution in [0, 0.1) is 10.1 Å². The molecule has 1 aliphatic rings. The standard InChI is InChI=1S/C13H12ClN3O6S/c1-13(2)5-10(16-23-13)24(20,21)6-8-7-3-4-9(17(18)19)11(14)12(7)22-15-8/h3-4H,5-6H2,1-2H3. The zero-order valence-electron chi connectivity index (χ0n) is 12.6. The summed E-state index contributed by atoms with van der Waals surface area (Å²) < 4.78 is 29.9. The highest BCUT2D eigenvalue weighted by molar-refractivity contribution is 8.05. The molecule has 0 aliphatic carbocycles. The molecule has 0 saturated carbocycles. The molecule has 0 amide bonds. The molecule has 1 aliphatic heterocycles. The molecule has 11 heteroatoms. The average molecular weight is 374 g/mol. The van der Waals surface area contributed by atoms with E-state index in [-0.39, 0.29) is 33.5 Å². The van der Waals surface area contributed by atoms with Gasteiger partial charge in [0.1, 0.15) is 17.0 Å². The molecule has 3 rings (SSSR count). The quantitative estimate of drug-likeness (QED) is 0.598. The van der Waals surface area contributed by atoms with Crippen molar-refractivity contribution in [2.45, 2.75) is 31.6 Å². The number of oxime groups is 1. The first-order valence-electron chi connectivity index (χ1n) is 6.80. The molecular weight excluding hydrogens is 362 g/mol. The van der Waals surface area contributed by atoms with E-state index in [1.807, 2.05) is 0 Å². The van der Waals surface area contributed by atoms with Gasteiger partial charge < -0.3 is 9.36 Å². The fourth-order valence-corrected chi connectivity index (χ4v) is 4.01. The van der Waals surface area contributed by atoms with E-state index in [0.29, 0.717) is 5.39 Å². The maximum atomic E-state index is 12.5. The van der Waals surface area contributed by atoms with E-state index >= 15 is 0 Å². The van der Waals surface area contributed by atoms with E-state index in [9.17, 15) is 18.5 Å². The van der Waals surface area contributed by atoms with Gasteiger partial charge in [0.2, 0.25) is 9.84 Å². The first-order valence-corrected chi connectivity index (χ1v) is 8.83. The summed E-state index contributed by atoms with van der Waals surface area (Å²) >= 11 is 5.92. The van der Waals surface area contributed by atoms with Crippen LogP contribution in [-0.2, 0) is 20.4 Å². The lowest BCUT2D eigenvalue weighted by molar-refractivity contribution is -0.384. The largest absolute Gasteiger partial charge is 0.389 e. The van der Waals surface area contributed by atoms with E-state index in [2.05, 4.69) is 10.3 Å². The highest BCUT2D eigenvalue weighted by Gasteiger charge is 2.37. The van der Waals surface area contributed by atoms with E-state index in [4.69, 9.17) is 21.0 Å². The lowest BCUT2D eigenvalue weighted by Crippen LogP contribution is -2.23. The fraction of sp³-hybridized carbons (Fsp3) is 0.385. The van der Waals surface area contributed by atoms with Crippen LogP contribution in [0.25, 0.3) is 11.0 Å². The molecule has 24 heavy (non-hydrogen) atoms. The van der Waals surface area contributed by atoms with E-state index < -0.39 is 26.1 Å². The van der Waals surface area contributed by atoms with Crippen molar-refractivity contribution in [3.63, 3.8) is 0 Å². The van der Waals surface area contributed by atoms with Crippen LogP contribution in [0.4, 0.5) is 5.69 Å². The lowest BCUT2D eigenvalue weighted by Gasteiger charge is -2.13. The molecule has 0 saturated heterocycles. The van der Waals surface area contributed by atoms with Gasteiger partial charge in [-0.15, -0.1) is 0 Å². The van der Waals surface area contributed by atoms with E-state index in [1.54, 1.807) is 13.8 Å². The monoisotopic (exact) mass is 373 g/mol. The third-order valence-electron chi connectivity index (χ3n) is 3.49. The molecule has 128 valence electrons. The van der Waals surface area contributed by atoms with E-state index in [1.165, 1.54) is 12.1 Å². The molecule has 1 aromatic carbocycles. The summed E-state index contributed by atoms with van der Waals surface area (Å²) in [6, 6.07) is 2.54. The molecule has 2 aromatic rings. The number of fused-ring (bicyclic) bond motifs is 1. The van der Waals surface area contributed by atoms with Crippen molar-refractivity contribution in [3.8, 4) is 0 Å². The van der Waals surface area contributed by atoms with Crippen molar-refractivity contribution in [1.82, 2.24) is 5.16 Å². The minimum Gasteiger partial charge on any atom is -0.389 e. The Morgan fingerprint density at radius 2 is 2.12 bits per heavy atom. The molecule has 0 unspecified atom stereocenters. The Morgan fingerprint density at radius 1 is 1.42 bits per heavy atom. The van der Waals surface area contributed by atoms with Gasteiger partial charge in [0.05, 0.1) is 4.92 Å². The number of hydrogen-bond donors (Lipinski definition) is 0. The number of aromatic nitrogens is 1. The van der Waals surface area contributed by atoms with Gasteiger partial charge in [-0.3, -0.25) is 10.1 Å². The molecule has 9 nitrogen and oxygen atoms in total. The average Bonchev–Trinajstić information content (AvgIpc) is 3.03. The predicted octanol–water partition coefficient (Wildman–Crippen LogP) is 2.82. The van der Waals surface area contributed by atoms with Gasteiger partial charge in [-0.25, -0.2) is 8.42 Å². The molecule has 1 aromatic heterocycles. The molecule has 2 heterocycles. The van der Waals surface area contributed by atoms with Crippen molar-refractivity contribution < 1.29 is 22.7 Å².